The third-order valence-electron chi connectivity index (χ3n) is 4.55. The van der Waals surface area contributed by atoms with E-state index in [0.29, 0.717) is 0 Å². The van der Waals surface area contributed by atoms with Crippen molar-refractivity contribution in [3.8, 4) is 5.75 Å². The quantitative estimate of drug-likeness (QED) is 0.454. The summed E-state index contributed by atoms with van der Waals surface area (Å²) in [5, 5.41) is 2.71. The minimum atomic E-state index is 0.223. The van der Waals surface area contributed by atoms with Crippen molar-refractivity contribution in [2.75, 3.05) is 7.11 Å². The Kier molecular flexibility index (Phi) is 6.13. The van der Waals surface area contributed by atoms with Crippen molar-refractivity contribution in [1.29, 1.82) is 0 Å². The zero-order valence-electron chi connectivity index (χ0n) is 17.3. The standard InChI is InChI=1S/C14H16.C11H16O/c1-14(2,3)13-10-6-8-11-7-4-5-9-12(11)13;1-11(2,3)9-5-7-10(12-4)8-6-9/h4-10H,1-3H3;5-8H,1-4H3. The number of methoxy groups -OCH3 is 1. The fourth-order valence-electron chi connectivity index (χ4n) is 2.97. The summed E-state index contributed by atoms with van der Waals surface area (Å²) in [5.74, 6) is 0.919. The van der Waals surface area contributed by atoms with E-state index in [-0.39, 0.29) is 10.8 Å². The Labute approximate surface area is 159 Å². The molecule has 0 unspecified atom stereocenters. The SMILES string of the molecule is CC(C)(C)c1cccc2ccccc12.COc1ccc(C(C)(C)C)cc1. The van der Waals surface area contributed by atoms with Crippen LogP contribution in [0.3, 0.4) is 0 Å². The number of hydrogen-bond donors (Lipinski definition) is 0. The fourth-order valence-corrected chi connectivity index (χ4v) is 2.97. The van der Waals surface area contributed by atoms with Gasteiger partial charge in [-0.3, -0.25) is 0 Å². The second-order valence-corrected chi connectivity index (χ2v) is 8.76. The molecule has 0 amide bonds. The summed E-state index contributed by atoms with van der Waals surface area (Å²) in [5.41, 5.74) is 3.21. The predicted molar refractivity (Wildman–Crippen MR) is 114 cm³/mol. The number of hydrogen-bond acceptors (Lipinski definition) is 1. The molecule has 26 heavy (non-hydrogen) atoms. The number of benzene rings is 3. The van der Waals surface area contributed by atoms with Gasteiger partial charge in [-0.25, -0.2) is 0 Å². The van der Waals surface area contributed by atoms with Crippen LogP contribution in [0.15, 0.2) is 66.7 Å². The van der Waals surface area contributed by atoms with Gasteiger partial charge < -0.3 is 4.74 Å². The maximum Gasteiger partial charge on any atom is 0.118 e. The lowest BCUT2D eigenvalue weighted by molar-refractivity contribution is 0.414. The van der Waals surface area contributed by atoms with Crippen molar-refractivity contribution < 1.29 is 4.74 Å². The van der Waals surface area contributed by atoms with Crippen molar-refractivity contribution in [3.05, 3.63) is 77.9 Å². The van der Waals surface area contributed by atoms with Crippen molar-refractivity contribution in [1.82, 2.24) is 0 Å². The Morgan fingerprint density at radius 3 is 1.73 bits per heavy atom. The molecular formula is C25H32O. The molecule has 0 fully saturated rings. The molecule has 0 aromatic heterocycles. The third kappa shape index (κ3) is 5.11. The third-order valence-corrected chi connectivity index (χ3v) is 4.55. The van der Waals surface area contributed by atoms with Crippen LogP contribution < -0.4 is 4.74 Å². The lowest BCUT2D eigenvalue weighted by Gasteiger charge is -2.21. The molecule has 0 saturated heterocycles. The van der Waals surface area contributed by atoms with E-state index in [1.807, 2.05) is 12.1 Å². The van der Waals surface area contributed by atoms with Crippen LogP contribution >= 0.6 is 0 Å². The largest absolute Gasteiger partial charge is 0.497 e. The van der Waals surface area contributed by atoms with Crippen LogP contribution in [0, 0.1) is 0 Å². The van der Waals surface area contributed by atoms with Crippen molar-refractivity contribution in [2.45, 2.75) is 52.4 Å². The van der Waals surface area contributed by atoms with Crippen LogP contribution in [-0.4, -0.2) is 7.11 Å². The van der Waals surface area contributed by atoms with Gasteiger partial charge in [-0.1, -0.05) is 96.1 Å². The van der Waals surface area contributed by atoms with Gasteiger partial charge in [-0.2, -0.15) is 0 Å². The van der Waals surface area contributed by atoms with E-state index in [1.54, 1.807) is 7.11 Å². The highest BCUT2D eigenvalue weighted by molar-refractivity contribution is 5.86. The first-order valence-corrected chi connectivity index (χ1v) is 9.26. The van der Waals surface area contributed by atoms with Crippen LogP contribution in [0.2, 0.25) is 0 Å². The predicted octanol–water partition coefficient (Wildman–Crippen LogP) is 7.13. The molecule has 1 heteroatoms. The molecule has 0 aliphatic rings. The number of fused-ring (bicyclic) bond motifs is 1. The van der Waals surface area contributed by atoms with Crippen LogP contribution in [0.1, 0.15) is 52.7 Å². The molecular weight excluding hydrogens is 316 g/mol. The molecule has 1 nitrogen and oxygen atoms in total. The summed E-state index contributed by atoms with van der Waals surface area (Å²) in [4.78, 5) is 0. The van der Waals surface area contributed by atoms with Crippen molar-refractivity contribution >= 4 is 10.8 Å². The van der Waals surface area contributed by atoms with Gasteiger partial charge in [0.05, 0.1) is 7.11 Å². The van der Waals surface area contributed by atoms with Gasteiger partial charge >= 0.3 is 0 Å². The second-order valence-electron chi connectivity index (χ2n) is 8.76. The lowest BCUT2D eigenvalue weighted by atomic mass is 9.84. The smallest absolute Gasteiger partial charge is 0.118 e. The highest BCUT2D eigenvalue weighted by Crippen LogP contribution is 2.29. The molecule has 0 atom stereocenters. The first-order chi connectivity index (χ1) is 12.1. The van der Waals surface area contributed by atoms with E-state index in [0.717, 1.165) is 5.75 Å². The minimum Gasteiger partial charge on any atom is -0.497 e. The molecule has 138 valence electrons. The summed E-state index contributed by atoms with van der Waals surface area (Å²) in [6, 6.07) is 23.3. The van der Waals surface area contributed by atoms with Gasteiger partial charge in [0.25, 0.3) is 0 Å². The molecule has 0 bridgehead atoms. The number of ether oxygens (including phenoxy) is 1. The minimum absolute atomic E-state index is 0.223. The Morgan fingerprint density at radius 2 is 1.19 bits per heavy atom. The summed E-state index contributed by atoms with van der Waals surface area (Å²) >= 11 is 0. The highest BCUT2D eigenvalue weighted by Gasteiger charge is 2.15. The van der Waals surface area contributed by atoms with Gasteiger partial charge in [0.2, 0.25) is 0 Å². The van der Waals surface area contributed by atoms with Crippen LogP contribution in [0.5, 0.6) is 5.75 Å². The van der Waals surface area contributed by atoms with Crippen LogP contribution in [0.25, 0.3) is 10.8 Å². The molecule has 0 aliphatic carbocycles. The summed E-state index contributed by atoms with van der Waals surface area (Å²) in [6.07, 6.45) is 0. The molecule has 0 N–H and O–H groups in total. The zero-order valence-corrected chi connectivity index (χ0v) is 17.3. The maximum atomic E-state index is 5.08. The Bertz CT molecular complexity index is 825. The Morgan fingerprint density at radius 1 is 0.615 bits per heavy atom. The first-order valence-electron chi connectivity index (χ1n) is 9.26. The van der Waals surface area contributed by atoms with E-state index in [4.69, 9.17) is 4.74 Å². The molecule has 3 aromatic carbocycles. The summed E-state index contributed by atoms with van der Waals surface area (Å²) < 4.78 is 5.08. The van der Waals surface area contributed by atoms with Gasteiger partial charge in [-0.05, 0) is 44.9 Å². The molecule has 0 spiro atoms. The van der Waals surface area contributed by atoms with Gasteiger partial charge in [-0.15, -0.1) is 0 Å². The molecule has 0 heterocycles. The highest BCUT2D eigenvalue weighted by atomic mass is 16.5. The fraction of sp³-hybridized carbons (Fsp3) is 0.360. The van der Waals surface area contributed by atoms with E-state index in [9.17, 15) is 0 Å². The van der Waals surface area contributed by atoms with E-state index in [2.05, 4.69) is 96.1 Å². The molecule has 3 aromatic rings. The van der Waals surface area contributed by atoms with Crippen molar-refractivity contribution in [2.24, 2.45) is 0 Å². The van der Waals surface area contributed by atoms with Gasteiger partial charge in [0, 0.05) is 0 Å². The molecule has 0 radical (unpaired) electrons. The molecule has 0 aliphatic heterocycles. The van der Waals surface area contributed by atoms with Gasteiger partial charge in [0.1, 0.15) is 5.75 Å². The lowest BCUT2D eigenvalue weighted by Crippen LogP contribution is -2.11. The van der Waals surface area contributed by atoms with E-state index < -0.39 is 0 Å². The Hall–Kier alpha value is -2.28. The van der Waals surface area contributed by atoms with Crippen LogP contribution in [-0.2, 0) is 10.8 Å². The second kappa shape index (κ2) is 7.95. The first kappa shape index (κ1) is 20.0. The average Bonchev–Trinajstić information content (AvgIpc) is 2.60. The summed E-state index contributed by atoms with van der Waals surface area (Å²) in [7, 11) is 1.69. The topological polar surface area (TPSA) is 9.23 Å². The van der Waals surface area contributed by atoms with Crippen molar-refractivity contribution in [3.63, 3.8) is 0 Å². The summed E-state index contributed by atoms with van der Waals surface area (Å²) in [6.45, 7) is 13.4. The van der Waals surface area contributed by atoms with E-state index >= 15 is 0 Å². The maximum absolute atomic E-state index is 5.08. The average molecular weight is 349 g/mol. The Balaban J connectivity index is 0.000000190. The zero-order chi connectivity index (χ0) is 19.4. The molecule has 3 rings (SSSR count). The monoisotopic (exact) mass is 348 g/mol. The van der Waals surface area contributed by atoms with Gasteiger partial charge in [0.15, 0.2) is 0 Å². The molecule has 0 saturated carbocycles. The number of rotatable bonds is 1. The normalized spacial score (nSPS) is 11.7. The van der Waals surface area contributed by atoms with E-state index in [1.165, 1.54) is 21.9 Å². The van der Waals surface area contributed by atoms with Crippen LogP contribution in [0.4, 0.5) is 0 Å².